The van der Waals surface area contributed by atoms with Crippen LogP contribution in [-0.4, -0.2) is 11.8 Å². The zero-order chi connectivity index (χ0) is 12.0. The predicted octanol–water partition coefficient (Wildman–Crippen LogP) is 2.90. The molecule has 0 radical (unpaired) electrons. The van der Waals surface area contributed by atoms with Crippen molar-refractivity contribution in [3.05, 3.63) is 0 Å². The van der Waals surface area contributed by atoms with Gasteiger partial charge in [0, 0.05) is 6.42 Å². The molecule has 4 bridgehead atoms. The lowest BCUT2D eigenvalue weighted by atomic mass is 9.48. The normalized spacial score (nSPS) is 44.9. The smallest absolute Gasteiger partial charge is 0.149 e. The standard InChI is InChI=1S/C15H25NO/c1-2-14(17)13(16)9-15-6-10-3-11(7-15)5-12(4-10)8-15/h10-13H,2-9,16H2,1H3. The summed E-state index contributed by atoms with van der Waals surface area (Å²) in [6.07, 6.45) is 10.1. The summed E-state index contributed by atoms with van der Waals surface area (Å²) < 4.78 is 0. The van der Waals surface area contributed by atoms with E-state index in [-0.39, 0.29) is 11.8 Å². The van der Waals surface area contributed by atoms with Crippen LogP contribution in [0.25, 0.3) is 0 Å². The van der Waals surface area contributed by atoms with Gasteiger partial charge >= 0.3 is 0 Å². The molecular weight excluding hydrogens is 210 g/mol. The maximum absolute atomic E-state index is 11.7. The second kappa shape index (κ2) is 4.08. The summed E-state index contributed by atoms with van der Waals surface area (Å²) in [5.41, 5.74) is 6.56. The lowest BCUT2D eigenvalue weighted by molar-refractivity contribution is -0.122. The summed E-state index contributed by atoms with van der Waals surface area (Å²) in [5.74, 6) is 3.15. The minimum atomic E-state index is -0.184. The van der Waals surface area contributed by atoms with E-state index in [1.54, 1.807) is 0 Å². The van der Waals surface area contributed by atoms with Crippen LogP contribution < -0.4 is 5.73 Å². The van der Waals surface area contributed by atoms with Gasteiger partial charge in [-0.15, -0.1) is 0 Å². The van der Waals surface area contributed by atoms with E-state index >= 15 is 0 Å². The molecule has 0 saturated heterocycles. The van der Waals surface area contributed by atoms with Crippen molar-refractivity contribution in [1.82, 2.24) is 0 Å². The molecule has 1 unspecified atom stereocenters. The van der Waals surface area contributed by atoms with Crippen LogP contribution in [0.3, 0.4) is 0 Å². The first-order valence-electron chi connectivity index (χ1n) is 7.38. The Kier molecular flexibility index (Phi) is 2.81. The second-order valence-corrected chi connectivity index (χ2v) is 7.05. The fourth-order valence-corrected chi connectivity index (χ4v) is 5.38. The minimum Gasteiger partial charge on any atom is -0.321 e. The maximum atomic E-state index is 11.7. The van der Waals surface area contributed by atoms with Crippen molar-refractivity contribution in [3.8, 4) is 0 Å². The van der Waals surface area contributed by atoms with Gasteiger partial charge in [0.05, 0.1) is 6.04 Å². The first-order chi connectivity index (χ1) is 8.10. The van der Waals surface area contributed by atoms with Gasteiger partial charge in [-0.3, -0.25) is 4.79 Å². The molecule has 2 N–H and O–H groups in total. The molecule has 0 aromatic carbocycles. The van der Waals surface area contributed by atoms with E-state index in [0.29, 0.717) is 11.8 Å². The van der Waals surface area contributed by atoms with Crippen LogP contribution in [0, 0.1) is 23.2 Å². The van der Waals surface area contributed by atoms with E-state index < -0.39 is 0 Å². The molecule has 0 aliphatic heterocycles. The molecule has 17 heavy (non-hydrogen) atoms. The summed E-state index contributed by atoms with van der Waals surface area (Å²) in [4.78, 5) is 11.7. The van der Waals surface area contributed by atoms with Crippen LogP contribution >= 0.6 is 0 Å². The number of rotatable bonds is 4. The topological polar surface area (TPSA) is 43.1 Å². The van der Waals surface area contributed by atoms with Gasteiger partial charge in [-0.05, 0) is 68.1 Å². The third kappa shape index (κ3) is 2.05. The number of carbonyl (C=O) groups is 1. The van der Waals surface area contributed by atoms with Crippen molar-refractivity contribution >= 4 is 5.78 Å². The Bertz CT molecular complexity index is 288. The summed E-state index contributed by atoms with van der Waals surface area (Å²) in [5, 5.41) is 0. The molecule has 4 aliphatic carbocycles. The first kappa shape index (κ1) is 11.7. The Hall–Kier alpha value is -0.370. The van der Waals surface area contributed by atoms with Crippen LogP contribution in [0.1, 0.15) is 58.3 Å². The van der Waals surface area contributed by atoms with Gasteiger partial charge in [0.1, 0.15) is 5.78 Å². The number of hydrogen-bond acceptors (Lipinski definition) is 2. The fourth-order valence-electron chi connectivity index (χ4n) is 5.38. The maximum Gasteiger partial charge on any atom is 0.149 e. The zero-order valence-corrected chi connectivity index (χ0v) is 11.0. The van der Waals surface area contributed by atoms with Crippen LogP contribution in [0.4, 0.5) is 0 Å². The molecule has 2 heteroatoms. The summed E-state index contributed by atoms with van der Waals surface area (Å²) in [6.45, 7) is 1.93. The third-order valence-corrected chi connectivity index (χ3v) is 5.58. The Morgan fingerprint density at radius 2 is 1.65 bits per heavy atom. The highest BCUT2D eigenvalue weighted by Gasteiger charge is 2.51. The van der Waals surface area contributed by atoms with Crippen LogP contribution in [-0.2, 0) is 4.79 Å². The molecule has 0 amide bonds. The molecule has 4 aliphatic rings. The molecule has 0 spiro atoms. The molecule has 0 aromatic heterocycles. The Labute approximate surface area is 104 Å². The quantitative estimate of drug-likeness (QED) is 0.814. The number of Topliss-reactive ketones (excluding diaryl/α,β-unsaturated/α-hetero) is 1. The van der Waals surface area contributed by atoms with E-state index in [1.807, 2.05) is 6.92 Å². The number of ketones is 1. The summed E-state index contributed by atoms with van der Waals surface area (Å²) >= 11 is 0. The van der Waals surface area contributed by atoms with Crippen molar-refractivity contribution in [3.63, 3.8) is 0 Å². The highest BCUT2D eigenvalue weighted by molar-refractivity contribution is 5.83. The highest BCUT2D eigenvalue weighted by atomic mass is 16.1. The van der Waals surface area contributed by atoms with Crippen LogP contribution in [0.2, 0.25) is 0 Å². The fraction of sp³-hybridized carbons (Fsp3) is 0.933. The summed E-state index contributed by atoms with van der Waals surface area (Å²) in [6, 6.07) is -0.184. The van der Waals surface area contributed by atoms with Gasteiger partial charge in [-0.1, -0.05) is 6.92 Å². The molecule has 4 rings (SSSR count). The Morgan fingerprint density at radius 1 is 1.18 bits per heavy atom. The van der Waals surface area contributed by atoms with E-state index in [2.05, 4.69) is 0 Å². The van der Waals surface area contributed by atoms with Crippen molar-refractivity contribution in [2.24, 2.45) is 28.9 Å². The lowest BCUT2D eigenvalue weighted by Gasteiger charge is -2.57. The highest BCUT2D eigenvalue weighted by Crippen LogP contribution is 2.61. The van der Waals surface area contributed by atoms with Gasteiger partial charge < -0.3 is 5.73 Å². The molecule has 0 aromatic rings. The monoisotopic (exact) mass is 235 g/mol. The van der Waals surface area contributed by atoms with Crippen molar-refractivity contribution in [1.29, 1.82) is 0 Å². The van der Waals surface area contributed by atoms with Gasteiger partial charge in [0.15, 0.2) is 0 Å². The van der Waals surface area contributed by atoms with Gasteiger partial charge in [0.25, 0.3) is 0 Å². The van der Waals surface area contributed by atoms with Gasteiger partial charge in [-0.25, -0.2) is 0 Å². The Balaban J connectivity index is 1.72. The van der Waals surface area contributed by atoms with E-state index in [0.717, 1.165) is 24.2 Å². The molecule has 0 heterocycles. The third-order valence-electron chi connectivity index (χ3n) is 5.58. The SMILES string of the molecule is CCC(=O)C(N)CC12CC3CC(CC(C3)C1)C2. The van der Waals surface area contributed by atoms with E-state index in [9.17, 15) is 4.79 Å². The summed E-state index contributed by atoms with van der Waals surface area (Å²) in [7, 11) is 0. The van der Waals surface area contributed by atoms with Crippen LogP contribution in [0.15, 0.2) is 0 Å². The first-order valence-corrected chi connectivity index (χ1v) is 7.38. The van der Waals surface area contributed by atoms with Crippen molar-refractivity contribution in [2.45, 2.75) is 64.3 Å². The van der Waals surface area contributed by atoms with E-state index in [4.69, 9.17) is 5.73 Å². The van der Waals surface area contributed by atoms with E-state index in [1.165, 1.54) is 38.5 Å². The van der Waals surface area contributed by atoms with Crippen LogP contribution in [0.5, 0.6) is 0 Å². The minimum absolute atomic E-state index is 0.184. The van der Waals surface area contributed by atoms with Crippen molar-refractivity contribution < 1.29 is 4.79 Å². The molecule has 4 fully saturated rings. The molecule has 2 nitrogen and oxygen atoms in total. The second-order valence-electron chi connectivity index (χ2n) is 7.05. The molecule has 4 saturated carbocycles. The number of carbonyl (C=O) groups excluding carboxylic acids is 1. The number of nitrogens with two attached hydrogens (primary N) is 1. The predicted molar refractivity (Wildman–Crippen MR) is 68.5 cm³/mol. The van der Waals surface area contributed by atoms with Gasteiger partial charge in [-0.2, -0.15) is 0 Å². The average molecular weight is 235 g/mol. The molecular formula is C15H25NO. The molecule has 96 valence electrons. The average Bonchev–Trinajstić information content (AvgIpc) is 2.25. The molecule has 1 atom stereocenters. The van der Waals surface area contributed by atoms with Gasteiger partial charge in [0.2, 0.25) is 0 Å². The Morgan fingerprint density at radius 3 is 2.06 bits per heavy atom. The lowest BCUT2D eigenvalue weighted by Crippen LogP contribution is -2.49. The van der Waals surface area contributed by atoms with Crippen molar-refractivity contribution in [2.75, 3.05) is 0 Å². The number of hydrogen-bond donors (Lipinski definition) is 1. The largest absolute Gasteiger partial charge is 0.321 e. The zero-order valence-electron chi connectivity index (χ0n) is 11.0.